The molecule has 16 heavy (non-hydrogen) atoms. The molecule has 1 aromatic carbocycles. The lowest BCUT2D eigenvalue weighted by atomic mass is 10.1. The molecule has 82 valence electrons. The van der Waals surface area contributed by atoms with Crippen molar-refractivity contribution in [3.05, 3.63) is 33.4 Å². The van der Waals surface area contributed by atoms with E-state index < -0.39 is 0 Å². The van der Waals surface area contributed by atoms with Crippen LogP contribution < -0.4 is 5.73 Å². The second kappa shape index (κ2) is 3.93. The molecule has 0 unspecified atom stereocenters. The topological polar surface area (TPSA) is 54.7 Å². The largest absolute Gasteiger partial charge is 0.334 e. The lowest BCUT2D eigenvalue weighted by Gasteiger charge is -2.02. The van der Waals surface area contributed by atoms with Crippen molar-refractivity contribution < 1.29 is 0 Å². The first-order valence-corrected chi connectivity index (χ1v) is 5.77. The standard InChI is InChI=1S/C12H12BrN3/c1-7-3-4-9(13)12-11(7)8(5-14)10(6-15)16(12)2/h3-4H,5,14H2,1-2H3. The van der Waals surface area contributed by atoms with Crippen LogP contribution in [0.1, 0.15) is 16.8 Å². The lowest BCUT2D eigenvalue weighted by molar-refractivity contribution is 0.923. The molecule has 0 fully saturated rings. The maximum absolute atomic E-state index is 9.17. The molecule has 3 nitrogen and oxygen atoms in total. The van der Waals surface area contributed by atoms with Crippen molar-refractivity contribution >= 4 is 26.8 Å². The number of nitrogens with zero attached hydrogens (tertiary/aromatic N) is 2. The van der Waals surface area contributed by atoms with Crippen molar-refractivity contribution in [1.29, 1.82) is 5.26 Å². The van der Waals surface area contributed by atoms with Gasteiger partial charge in [0, 0.05) is 29.0 Å². The first-order chi connectivity index (χ1) is 7.61. The van der Waals surface area contributed by atoms with E-state index in [2.05, 4.69) is 22.0 Å². The van der Waals surface area contributed by atoms with E-state index in [1.54, 1.807) is 0 Å². The van der Waals surface area contributed by atoms with Crippen molar-refractivity contribution in [3.63, 3.8) is 0 Å². The van der Waals surface area contributed by atoms with E-state index in [1.807, 2.05) is 30.7 Å². The van der Waals surface area contributed by atoms with Gasteiger partial charge in [-0.15, -0.1) is 0 Å². The first-order valence-electron chi connectivity index (χ1n) is 4.98. The maximum Gasteiger partial charge on any atom is 0.125 e. The van der Waals surface area contributed by atoms with Crippen molar-refractivity contribution in [1.82, 2.24) is 4.57 Å². The van der Waals surface area contributed by atoms with Crippen LogP contribution in [-0.4, -0.2) is 4.57 Å². The number of rotatable bonds is 1. The molecular formula is C12H12BrN3. The fourth-order valence-electron chi connectivity index (χ4n) is 2.15. The summed E-state index contributed by atoms with van der Waals surface area (Å²) in [7, 11) is 1.89. The Bertz CT molecular complexity index is 605. The van der Waals surface area contributed by atoms with Crippen LogP contribution in [0.15, 0.2) is 16.6 Å². The predicted octanol–water partition coefficient (Wildman–Crippen LogP) is 2.58. The Kier molecular flexibility index (Phi) is 2.75. The Balaban J connectivity index is 3.06. The molecule has 2 rings (SSSR count). The van der Waals surface area contributed by atoms with E-state index in [0.29, 0.717) is 12.2 Å². The van der Waals surface area contributed by atoms with Gasteiger partial charge in [0.1, 0.15) is 11.8 Å². The van der Waals surface area contributed by atoms with E-state index in [9.17, 15) is 5.26 Å². The quantitative estimate of drug-likeness (QED) is 0.871. The number of benzene rings is 1. The van der Waals surface area contributed by atoms with Gasteiger partial charge in [0.2, 0.25) is 0 Å². The first kappa shape index (κ1) is 11.2. The summed E-state index contributed by atoms with van der Waals surface area (Å²) in [5.41, 5.74) is 9.51. The number of hydrogen-bond acceptors (Lipinski definition) is 2. The van der Waals surface area contributed by atoms with Gasteiger partial charge in [-0.2, -0.15) is 5.26 Å². The zero-order valence-corrected chi connectivity index (χ0v) is 10.8. The van der Waals surface area contributed by atoms with Crippen molar-refractivity contribution in [3.8, 4) is 6.07 Å². The molecule has 2 N–H and O–H groups in total. The summed E-state index contributed by atoms with van der Waals surface area (Å²) in [5.74, 6) is 0. The summed E-state index contributed by atoms with van der Waals surface area (Å²) < 4.78 is 2.89. The predicted molar refractivity (Wildman–Crippen MR) is 68.0 cm³/mol. The average molecular weight is 278 g/mol. The third-order valence-electron chi connectivity index (χ3n) is 2.91. The zero-order chi connectivity index (χ0) is 11.9. The van der Waals surface area contributed by atoms with Crippen LogP contribution in [0.4, 0.5) is 0 Å². The van der Waals surface area contributed by atoms with Gasteiger partial charge in [-0.05, 0) is 34.5 Å². The fourth-order valence-corrected chi connectivity index (χ4v) is 2.75. The molecule has 0 aliphatic carbocycles. The van der Waals surface area contributed by atoms with Gasteiger partial charge in [-0.1, -0.05) is 6.07 Å². The number of hydrogen-bond donors (Lipinski definition) is 1. The highest BCUT2D eigenvalue weighted by atomic mass is 79.9. The molecule has 0 amide bonds. The van der Waals surface area contributed by atoms with Crippen molar-refractivity contribution in [2.75, 3.05) is 0 Å². The third-order valence-corrected chi connectivity index (χ3v) is 3.55. The van der Waals surface area contributed by atoms with Gasteiger partial charge in [-0.25, -0.2) is 0 Å². The van der Waals surface area contributed by atoms with Gasteiger partial charge in [0.25, 0.3) is 0 Å². The van der Waals surface area contributed by atoms with E-state index in [1.165, 1.54) is 0 Å². The number of nitrogens with two attached hydrogens (primary N) is 1. The lowest BCUT2D eigenvalue weighted by Crippen LogP contribution is -2.00. The summed E-state index contributed by atoms with van der Waals surface area (Å²) in [6.45, 7) is 2.42. The van der Waals surface area contributed by atoms with Crippen molar-refractivity contribution in [2.24, 2.45) is 12.8 Å². The zero-order valence-electron chi connectivity index (χ0n) is 9.21. The molecule has 0 saturated heterocycles. The molecule has 0 atom stereocenters. The Labute approximate surface area is 103 Å². The van der Waals surface area contributed by atoms with Crippen LogP contribution >= 0.6 is 15.9 Å². The van der Waals surface area contributed by atoms with E-state index in [-0.39, 0.29) is 0 Å². The number of aryl methyl sites for hydroxylation is 2. The molecule has 0 radical (unpaired) electrons. The van der Waals surface area contributed by atoms with E-state index in [4.69, 9.17) is 5.73 Å². The van der Waals surface area contributed by atoms with Crippen LogP contribution in [0.2, 0.25) is 0 Å². The average Bonchev–Trinajstić information content (AvgIpc) is 2.57. The van der Waals surface area contributed by atoms with Crippen LogP contribution in [0.5, 0.6) is 0 Å². The fraction of sp³-hybridized carbons (Fsp3) is 0.250. The van der Waals surface area contributed by atoms with Gasteiger partial charge in [0.05, 0.1) is 5.52 Å². The Morgan fingerprint density at radius 3 is 2.75 bits per heavy atom. The summed E-state index contributed by atoms with van der Waals surface area (Å²) in [4.78, 5) is 0. The molecule has 1 heterocycles. The van der Waals surface area contributed by atoms with E-state index in [0.717, 1.165) is 26.5 Å². The monoisotopic (exact) mass is 277 g/mol. The highest BCUT2D eigenvalue weighted by Crippen LogP contribution is 2.32. The molecule has 0 bridgehead atoms. The van der Waals surface area contributed by atoms with Gasteiger partial charge < -0.3 is 10.3 Å². The summed E-state index contributed by atoms with van der Waals surface area (Å²) >= 11 is 3.52. The number of halogens is 1. The molecule has 2 aromatic rings. The number of fused-ring (bicyclic) bond motifs is 1. The van der Waals surface area contributed by atoms with Crippen LogP contribution in [0.25, 0.3) is 10.9 Å². The minimum absolute atomic E-state index is 0.386. The Hall–Kier alpha value is -1.31. The minimum atomic E-state index is 0.386. The van der Waals surface area contributed by atoms with Gasteiger partial charge in [-0.3, -0.25) is 0 Å². The smallest absolute Gasteiger partial charge is 0.125 e. The van der Waals surface area contributed by atoms with Gasteiger partial charge >= 0.3 is 0 Å². The second-order valence-electron chi connectivity index (χ2n) is 3.79. The Morgan fingerprint density at radius 2 is 2.19 bits per heavy atom. The second-order valence-corrected chi connectivity index (χ2v) is 4.64. The van der Waals surface area contributed by atoms with Crippen LogP contribution in [-0.2, 0) is 13.6 Å². The minimum Gasteiger partial charge on any atom is -0.334 e. The molecule has 1 aromatic heterocycles. The summed E-state index contributed by atoms with van der Waals surface area (Å²) in [5, 5.41) is 10.3. The van der Waals surface area contributed by atoms with Gasteiger partial charge in [0.15, 0.2) is 0 Å². The normalized spacial score (nSPS) is 10.7. The molecule has 4 heteroatoms. The number of nitriles is 1. The summed E-state index contributed by atoms with van der Waals surface area (Å²) in [6.07, 6.45) is 0. The molecule has 0 aliphatic heterocycles. The molecule has 0 spiro atoms. The molecule has 0 aliphatic rings. The van der Waals surface area contributed by atoms with Crippen LogP contribution in [0.3, 0.4) is 0 Å². The number of aromatic nitrogens is 1. The maximum atomic E-state index is 9.17. The highest BCUT2D eigenvalue weighted by Gasteiger charge is 2.17. The van der Waals surface area contributed by atoms with Crippen molar-refractivity contribution in [2.45, 2.75) is 13.5 Å². The molecular weight excluding hydrogens is 266 g/mol. The third kappa shape index (κ3) is 1.36. The van der Waals surface area contributed by atoms with Crippen LogP contribution in [0, 0.1) is 18.3 Å². The Morgan fingerprint density at radius 1 is 1.50 bits per heavy atom. The summed E-state index contributed by atoms with van der Waals surface area (Å²) in [6, 6.07) is 6.25. The SMILES string of the molecule is Cc1ccc(Br)c2c1c(CN)c(C#N)n2C. The highest BCUT2D eigenvalue weighted by molar-refractivity contribution is 9.10. The molecule has 0 saturated carbocycles. The van der Waals surface area contributed by atoms with E-state index >= 15 is 0 Å².